The Morgan fingerprint density at radius 3 is 2.04 bits per heavy atom. The fraction of sp³-hybridized carbons (Fsp3) is 0.420. The van der Waals surface area contributed by atoms with E-state index in [0.29, 0.717) is 23.2 Å². The lowest BCUT2D eigenvalue weighted by Gasteiger charge is -2.37. The maximum Gasteiger partial charge on any atom is 0.418 e. The molecular weight excluding hydrogens is 880 g/mol. The summed E-state index contributed by atoms with van der Waals surface area (Å²) in [4.78, 5) is 71.9. The Balaban J connectivity index is 0.930. The number of aliphatic imine (C=N–C) groups is 2. The minimum atomic E-state index is -4.78. The molecule has 0 bridgehead atoms. The van der Waals surface area contributed by atoms with Crippen LogP contribution in [0.1, 0.15) is 106 Å². The Morgan fingerprint density at radius 1 is 0.765 bits per heavy atom. The second-order valence-corrected chi connectivity index (χ2v) is 19.1. The van der Waals surface area contributed by atoms with Crippen LogP contribution in [0.5, 0.6) is 5.75 Å². The molecule has 0 spiro atoms. The molecule has 15 nitrogen and oxygen atoms in total. The van der Waals surface area contributed by atoms with Crippen LogP contribution in [0.4, 0.5) is 29.5 Å². The molecule has 0 saturated carbocycles. The first-order valence-corrected chi connectivity index (χ1v) is 22.7. The highest BCUT2D eigenvalue weighted by molar-refractivity contribution is 6.00. The number of anilines is 2. The van der Waals surface area contributed by atoms with E-state index in [-0.39, 0.29) is 98.4 Å². The quantitative estimate of drug-likeness (QED) is 0.135. The van der Waals surface area contributed by atoms with Crippen molar-refractivity contribution in [2.75, 3.05) is 22.9 Å². The molecule has 4 N–H and O–H groups in total. The molecule has 4 aliphatic heterocycles. The van der Waals surface area contributed by atoms with E-state index in [9.17, 15) is 32.3 Å². The van der Waals surface area contributed by atoms with Gasteiger partial charge in [-0.3, -0.25) is 34.0 Å². The third kappa shape index (κ3) is 9.58. The third-order valence-corrected chi connectivity index (χ3v) is 13.9. The molecule has 3 aromatic carbocycles. The first-order valence-electron chi connectivity index (χ1n) is 22.7. The minimum Gasteiger partial charge on any atom is -0.488 e. The van der Waals surface area contributed by atoms with Crippen molar-refractivity contribution in [2.24, 2.45) is 33.3 Å². The van der Waals surface area contributed by atoms with Gasteiger partial charge in [-0.05, 0) is 72.2 Å². The topological polar surface area (TPSA) is 189 Å². The van der Waals surface area contributed by atoms with Gasteiger partial charge in [-0.15, -0.1) is 0 Å². The summed E-state index contributed by atoms with van der Waals surface area (Å²) in [5.74, 6) is -0.554. The van der Waals surface area contributed by atoms with Crippen molar-refractivity contribution in [3.63, 3.8) is 0 Å². The number of nitrogens with zero attached hydrogens (tertiary/aromatic N) is 7. The summed E-state index contributed by atoms with van der Waals surface area (Å²) in [6, 6.07) is 23.3. The second kappa shape index (κ2) is 18.3. The number of hydrogen-bond donors (Lipinski definition) is 2. The smallest absolute Gasteiger partial charge is 0.418 e. The lowest BCUT2D eigenvalue weighted by atomic mass is 9.84. The van der Waals surface area contributed by atoms with Crippen LogP contribution in [0, 0.1) is 11.8 Å². The van der Waals surface area contributed by atoms with Crippen molar-refractivity contribution < 1.29 is 41.8 Å². The third-order valence-electron chi connectivity index (χ3n) is 13.9. The Bertz CT molecular complexity index is 2710. The Hall–Kier alpha value is -6.98. The zero-order chi connectivity index (χ0) is 48.9. The SMILES string of the molecule is CC(C)[C@]1(C)CC(=O)N(Cc2cccc(N3CC(c4ccccc4OCc4cccc([C@H]5CC(=O)N(c6cc(CN7C(=O)C[C@@](C)(C(C)C)N=C7N)c(C(F)(F)F)cn6)C5)c4)OC3=O)c2)C(N)=N1. The predicted molar refractivity (Wildman–Crippen MR) is 249 cm³/mol. The lowest BCUT2D eigenvalue weighted by Crippen LogP contribution is -2.51. The highest BCUT2D eigenvalue weighted by Gasteiger charge is 2.42. The number of guanidine groups is 2. The molecule has 68 heavy (non-hydrogen) atoms. The number of amides is 4. The summed E-state index contributed by atoms with van der Waals surface area (Å²) in [5, 5.41) is 0. The summed E-state index contributed by atoms with van der Waals surface area (Å²) in [7, 11) is 0. The van der Waals surface area contributed by atoms with Crippen molar-refractivity contribution in [1.29, 1.82) is 0 Å². The number of halogens is 3. The van der Waals surface area contributed by atoms with Crippen LogP contribution < -0.4 is 26.0 Å². The van der Waals surface area contributed by atoms with Crippen LogP contribution >= 0.6 is 0 Å². The Labute approximate surface area is 393 Å². The molecule has 18 heteroatoms. The zero-order valence-electron chi connectivity index (χ0n) is 38.9. The van der Waals surface area contributed by atoms with Gasteiger partial charge in [0.1, 0.15) is 18.2 Å². The van der Waals surface area contributed by atoms with E-state index < -0.39 is 47.5 Å². The van der Waals surface area contributed by atoms with Crippen LogP contribution in [0.2, 0.25) is 0 Å². The molecule has 0 aliphatic carbocycles. The first-order chi connectivity index (χ1) is 32.1. The van der Waals surface area contributed by atoms with Crippen molar-refractivity contribution >= 4 is 47.2 Å². The molecule has 4 atom stereocenters. The van der Waals surface area contributed by atoms with Gasteiger partial charge in [0.05, 0.1) is 49.1 Å². The monoisotopic (exact) mass is 935 g/mol. The molecule has 1 aromatic heterocycles. The van der Waals surface area contributed by atoms with E-state index in [4.69, 9.17) is 20.9 Å². The summed E-state index contributed by atoms with van der Waals surface area (Å²) in [5.41, 5.74) is 13.5. The highest BCUT2D eigenvalue weighted by atomic mass is 19.4. The second-order valence-electron chi connectivity index (χ2n) is 19.1. The van der Waals surface area contributed by atoms with Gasteiger partial charge in [0, 0.05) is 36.3 Å². The number of carbonyl (C=O) groups is 4. The van der Waals surface area contributed by atoms with Crippen molar-refractivity contribution in [2.45, 2.75) is 110 Å². The Morgan fingerprint density at radius 2 is 1.40 bits per heavy atom. The molecule has 1 unspecified atom stereocenters. The number of pyridine rings is 1. The van der Waals surface area contributed by atoms with Crippen LogP contribution in [-0.2, 0) is 45.0 Å². The average Bonchev–Trinajstić information content (AvgIpc) is 3.87. The van der Waals surface area contributed by atoms with Crippen LogP contribution in [0.15, 0.2) is 95.0 Å². The summed E-state index contributed by atoms with van der Waals surface area (Å²) in [6.07, 6.45) is -4.97. The number of hydrogen-bond acceptors (Lipinski definition) is 11. The van der Waals surface area contributed by atoms with E-state index in [1.807, 2.05) is 95.3 Å². The molecule has 2 saturated heterocycles. The summed E-state index contributed by atoms with van der Waals surface area (Å²) >= 11 is 0. The first kappa shape index (κ1) is 47.5. The highest BCUT2D eigenvalue weighted by Crippen LogP contribution is 2.39. The number of nitrogens with two attached hydrogens (primary N) is 2. The lowest BCUT2D eigenvalue weighted by molar-refractivity contribution is -0.139. The fourth-order valence-corrected chi connectivity index (χ4v) is 8.94. The zero-order valence-corrected chi connectivity index (χ0v) is 38.9. The largest absolute Gasteiger partial charge is 0.488 e. The molecular formula is C50H56F3N9O6. The van der Waals surface area contributed by atoms with Crippen LogP contribution in [0.25, 0.3) is 0 Å². The van der Waals surface area contributed by atoms with Gasteiger partial charge >= 0.3 is 12.3 Å². The predicted octanol–water partition coefficient (Wildman–Crippen LogP) is 7.82. The van der Waals surface area contributed by atoms with E-state index in [1.165, 1.54) is 20.8 Å². The molecule has 358 valence electrons. The van der Waals surface area contributed by atoms with E-state index in [0.717, 1.165) is 21.6 Å². The number of alkyl halides is 3. The van der Waals surface area contributed by atoms with Gasteiger partial charge in [0.2, 0.25) is 17.7 Å². The van der Waals surface area contributed by atoms with Gasteiger partial charge in [-0.25, -0.2) is 19.8 Å². The Kier molecular flexibility index (Phi) is 12.8. The normalized spacial score (nSPS) is 23.5. The van der Waals surface area contributed by atoms with E-state index in [1.54, 1.807) is 19.1 Å². The number of para-hydroxylation sites is 1. The minimum absolute atomic E-state index is 0.0179. The summed E-state index contributed by atoms with van der Waals surface area (Å²) < 4.78 is 55.1. The molecule has 2 fully saturated rings. The number of carbonyl (C=O) groups excluding carboxylic acids is 4. The van der Waals surface area contributed by atoms with Gasteiger partial charge in [-0.2, -0.15) is 13.2 Å². The van der Waals surface area contributed by atoms with Gasteiger partial charge in [0.15, 0.2) is 18.0 Å². The molecule has 5 heterocycles. The van der Waals surface area contributed by atoms with Crippen molar-refractivity contribution in [3.05, 3.63) is 118 Å². The number of cyclic esters (lactones) is 1. The molecule has 4 aromatic rings. The van der Waals surface area contributed by atoms with E-state index in [2.05, 4.69) is 15.0 Å². The number of rotatable bonds is 13. The standard InChI is InChI=1S/C50H56F3N9O6/c1-29(2)48(5)21-43(64)61(45(54)57-48)24-31-11-10-14-36(18-31)59-27-40(68-47(59)66)37-15-7-8-16-39(37)67-28-32-12-9-13-33(17-32)34-20-42(63)60(25-34)41-19-35(38(23-56-41)50(51,52)53)26-62-44(65)22-49(6,30(3)4)58-46(62)55/h7-19,23,29-30,34,40H,20-22,24-28H2,1-6H3,(H2,54,57)(H2,55,58)/t34-,40?,48-,49-/m0/s1. The van der Waals surface area contributed by atoms with Gasteiger partial charge < -0.3 is 20.9 Å². The van der Waals surface area contributed by atoms with Gasteiger partial charge in [0.25, 0.3) is 0 Å². The van der Waals surface area contributed by atoms with Crippen LogP contribution in [0.3, 0.4) is 0 Å². The summed E-state index contributed by atoms with van der Waals surface area (Å²) in [6.45, 7) is 11.7. The maximum absolute atomic E-state index is 14.3. The van der Waals surface area contributed by atoms with Crippen molar-refractivity contribution in [3.8, 4) is 5.75 Å². The molecule has 0 radical (unpaired) electrons. The number of benzene rings is 3. The van der Waals surface area contributed by atoms with Crippen molar-refractivity contribution in [1.82, 2.24) is 14.8 Å². The van der Waals surface area contributed by atoms with Crippen LogP contribution in [-0.4, -0.2) is 74.7 Å². The number of ether oxygens (including phenoxy) is 2. The average molecular weight is 936 g/mol. The maximum atomic E-state index is 14.3. The fourth-order valence-electron chi connectivity index (χ4n) is 8.94. The molecule has 8 rings (SSSR count). The van der Waals surface area contributed by atoms with E-state index >= 15 is 0 Å². The number of aromatic nitrogens is 1. The molecule has 4 amide bonds. The molecule has 4 aliphatic rings. The van der Waals surface area contributed by atoms with Gasteiger partial charge in [-0.1, -0.05) is 82.3 Å².